The van der Waals surface area contributed by atoms with E-state index < -0.39 is 0 Å². The van der Waals surface area contributed by atoms with E-state index in [-0.39, 0.29) is 0 Å². The topological polar surface area (TPSA) is 48.5 Å². The monoisotopic (exact) mass is 387 g/mol. The lowest BCUT2D eigenvalue weighted by atomic mass is 10.1. The van der Waals surface area contributed by atoms with Crippen LogP contribution in [0.15, 0.2) is 72.0 Å². The average molecular weight is 388 g/mol. The lowest BCUT2D eigenvalue weighted by Gasteiger charge is -2.04. The summed E-state index contributed by atoms with van der Waals surface area (Å²) in [6.45, 7) is 0. The van der Waals surface area contributed by atoms with Crippen molar-refractivity contribution in [2.75, 3.05) is 0 Å². The van der Waals surface area contributed by atoms with Gasteiger partial charge in [-0.25, -0.2) is 4.68 Å². The van der Waals surface area contributed by atoms with Gasteiger partial charge in [0.05, 0.1) is 11.4 Å². The largest absolute Gasteiger partial charge is 0.309 e. The van der Waals surface area contributed by atoms with Crippen molar-refractivity contribution in [2.45, 2.75) is 29.7 Å². The van der Waals surface area contributed by atoms with Crippen LogP contribution in [0.4, 0.5) is 0 Å². The lowest BCUT2D eigenvalue weighted by Crippen LogP contribution is -1.97. The molecule has 0 radical (unpaired) electrons. The Labute approximate surface area is 168 Å². The summed E-state index contributed by atoms with van der Waals surface area (Å²) in [7, 11) is 2.07. The minimum absolute atomic E-state index is 0.604. The number of thioether (sulfide) groups is 1. The normalized spacial score (nSPS) is 13.8. The molecule has 0 saturated heterocycles. The number of hydrogen-bond acceptors (Lipinski definition) is 4. The van der Waals surface area contributed by atoms with Crippen LogP contribution >= 0.6 is 11.8 Å². The highest BCUT2D eigenvalue weighted by Crippen LogP contribution is 2.40. The van der Waals surface area contributed by atoms with Crippen molar-refractivity contribution in [2.24, 2.45) is 7.05 Å². The molecular formula is C22H21N5S. The summed E-state index contributed by atoms with van der Waals surface area (Å²) in [6.07, 6.45) is 4.60. The van der Waals surface area contributed by atoms with Crippen molar-refractivity contribution >= 4 is 11.8 Å². The van der Waals surface area contributed by atoms with E-state index in [4.69, 9.17) is 5.10 Å². The molecule has 0 unspecified atom stereocenters. The summed E-state index contributed by atoms with van der Waals surface area (Å²) >= 11 is 1.72. The summed E-state index contributed by atoms with van der Waals surface area (Å²) in [4.78, 5) is 0. The van der Waals surface area contributed by atoms with Crippen molar-refractivity contribution in [3.05, 3.63) is 78.2 Å². The maximum Gasteiger partial charge on any atom is 0.191 e. The Morgan fingerprint density at radius 1 is 0.964 bits per heavy atom. The van der Waals surface area contributed by atoms with Crippen LogP contribution in [0.5, 0.6) is 0 Å². The Bertz CT molecular complexity index is 1080. The van der Waals surface area contributed by atoms with Gasteiger partial charge in [-0.2, -0.15) is 5.10 Å². The van der Waals surface area contributed by atoms with Gasteiger partial charge in [0.1, 0.15) is 5.82 Å². The van der Waals surface area contributed by atoms with E-state index in [1.54, 1.807) is 11.8 Å². The molecule has 0 amide bonds. The standard InChI is InChI=1S/C22H21N5S/c1-26-21(17-12-13-17)23-24-22(26)28-15-18-14-27(19-10-6-3-7-11-19)25-20(18)16-8-4-2-5-9-16/h2-11,14,17H,12-13,15H2,1H3. The minimum Gasteiger partial charge on any atom is -0.309 e. The highest BCUT2D eigenvalue weighted by Gasteiger charge is 2.29. The predicted molar refractivity (Wildman–Crippen MR) is 112 cm³/mol. The van der Waals surface area contributed by atoms with Crippen LogP contribution in [0.1, 0.15) is 30.1 Å². The van der Waals surface area contributed by atoms with E-state index in [0.29, 0.717) is 5.92 Å². The molecule has 28 heavy (non-hydrogen) atoms. The molecule has 1 aliphatic carbocycles. The molecule has 1 fully saturated rings. The smallest absolute Gasteiger partial charge is 0.191 e. The Morgan fingerprint density at radius 2 is 1.68 bits per heavy atom. The van der Waals surface area contributed by atoms with Gasteiger partial charge in [0, 0.05) is 36.0 Å². The van der Waals surface area contributed by atoms with Crippen LogP contribution in [0, 0.1) is 0 Å². The number of benzene rings is 2. The van der Waals surface area contributed by atoms with E-state index in [1.807, 2.05) is 28.9 Å². The first-order valence-corrected chi connectivity index (χ1v) is 10.5. The quantitative estimate of drug-likeness (QED) is 0.444. The summed E-state index contributed by atoms with van der Waals surface area (Å²) in [5.41, 5.74) is 4.40. The first kappa shape index (κ1) is 17.3. The zero-order valence-corrected chi connectivity index (χ0v) is 16.5. The Kier molecular flexibility index (Phi) is 4.49. The second-order valence-electron chi connectivity index (χ2n) is 7.11. The van der Waals surface area contributed by atoms with Gasteiger partial charge >= 0.3 is 0 Å². The molecule has 1 aliphatic rings. The van der Waals surface area contributed by atoms with Crippen LogP contribution in [0.2, 0.25) is 0 Å². The number of aromatic nitrogens is 5. The van der Waals surface area contributed by atoms with Gasteiger partial charge < -0.3 is 4.57 Å². The van der Waals surface area contributed by atoms with Crippen molar-refractivity contribution in [1.82, 2.24) is 24.5 Å². The van der Waals surface area contributed by atoms with E-state index >= 15 is 0 Å². The van der Waals surface area contributed by atoms with Gasteiger partial charge in [-0.3, -0.25) is 0 Å². The summed E-state index contributed by atoms with van der Waals surface area (Å²) in [5.74, 6) is 2.52. The Balaban J connectivity index is 1.46. The van der Waals surface area contributed by atoms with Gasteiger partial charge in [0.25, 0.3) is 0 Å². The molecule has 5 rings (SSSR count). The molecular weight excluding hydrogens is 366 g/mol. The second-order valence-corrected chi connectivity index (χ2v) is 8.05. The van der Waals surface area contributed by atoms with Crippen molar-refractivity contribution < 1.29 is 0 Å². The van der Waals surface area contributed by atoms with E-state index in [2.05, 4.69) is 64.4 Å². The van der Waals surface area contributed by atoms with Crippen LogP contribution in [0.3, 0.4) is 0 Å². The third kappa shape index (κ3) is 3.36. The molecule has 2 aromatic heterocycles. The minimum atomic E-state index is 0.604. The third-order valence-electron chi connectivity index (χ3n) is 5.03. The molecule has 0 spiro atoms. The van der Waals surface area contributed by atoms with Crippen molar-refractivity contribution in [3.63, 3.8) is 0 Å². The predicted octanol–water partition coefficient (Wildman–Crippen LogP) is 4.84. The molecule has 0 bridgehead atoms. The van der Waals surface area contributed by atoms with Gasteiger partial charge in [0.2, 0.25) is 0 Å². The lowest BCUT2D eigenvalue weighted by molar-refractivity contribution is 0.736. The highest BCUT2D eigenvalue weighted by molar-refractivity contribution is 7.98. The zero-order valence-electron chi connectivity index (χ0n) is 15.7. The molecule has 140 valence electrons. The van der Waals surface area contributed by atoms with Crippen LogP contribution < -0.4 is 0 Å². The van der Waals surface area contributed by atoms with Gasteiger partial charge in [0.15, 0.2) is 5.16 Å². The molecule has 0 N–H and O–H groups in total. The van der Waals surface area contributed by atoms with Crippen LogP contribution in [-0.4, -0.2) is 24.5 Å². The van der Waals surface area contributed by atoms with E-state index in [0.717, 1.165) is 33.7 Å². The first-order chi connectivity index (χ1) is 13.8. The molecule has 0 atom stereocenters. The first-order valence-electron chi connectivity index (χ1n) is 9.51. The van der Waals surface area contributed by atoms with E-state index in [9.17, 15) is 0 Å². The summed E-state index contributed by atoms with van der Waals surface area (Å²) in [6, 6.07) is 20.6. The van der Waals surface area contributed by atoms with Gasteiger partial charge in [-0.15, -0.1) is 10.2 Å². The second kappa shape index (κ2) is 7.28. The fourth-order valence-corrected chi connectivity index (χ4v) is 4.24. The molecule has 6 heteroatoms. The number of hydrogen-bond donors (Lipinski definition) is 0. The van der Waals surface area contributed by atoms with E-state index in [1.165, 1.54) is 18.4 Å². The fourth-order valence-electron chi connectivity index (χ4n) is 3.36. The van der Waals surface area contributed by atoms with Crippen molar-refractivity contribution in [3.8, 4) is 16.9 Å². The third-order valence-corrected chi connectivity index (χ3v) is 6.09. The van der Waals surface area contributed by atoms with Gasteiger partial charge in [-0.1, -0.05) is 60.3 Å². The van der Waals surface area contributed by atoms with Gasteiger partial charge in [-0.05, 0) is 25.0 Å². The SMILES string of the molecule is Cn1c(SCc2cn(-c3ccccc3)nc2-c2ccccc2)nnc1C1CC1. The molecule has 0 aliphatic heterocycles. The zero-order chi connectivity index (χ0) is 18.9. The molecule has 1 saturated carbocycles. The number of rotatable bonds is 6. The number of para-hydroxylation sites is 1. The van der Waals surface area contributed by atoms with Crippen molar-refractivity contribution in [1.29, 1.82) is 0 Å². The van der Waals surface area contributed by atoms with Crippen LogP contribution in [0.25, 0.3) is 16.9 Å². The molecule has 4 aromatic rings. The number of nitrogens with zero attached hydrogens (tertiary/aromatic N) is 5. The van der Waals surface area contributed by atoms with Crippen LogP contribution in [-0.2, 0) is 12.8 Å². The molecule has 5 nitrogen and oxygen atoms in total. The maximum absolute atomic E-state index is 4.89. The Hall–Kier alpha value is -2.86. The maximum atomic E-state index is 4.89. The molecule has 2 aromatic carbocycles. The highest BCUT2D eigenvalue weighted by atomic mass is 32.2. The fraction of sp³-hybridized carbons (Fsp3) is 0.227. The average Bonchev–Trinajstić information content (AvgIpc) is 3.39. The summed E-state index contributed by atoms with van der Waals surface area (Å²) in [5, 5.41) is 14.7. The summed E-state index contributed by atoms with van der Waals surface area (Å²) < 4.78 is 4.11. The molecule has 2 heterocycles. The Morgan fingerprint density at radius 3 is 2.39 bits per heavy atom.